The maximum absolute atomic E-state index is 5.06. The molecule has 0 aliphatic carbocycles. The second-order valence-electron chi connectivity index (χ2n) is 14.4. The zero-order valence-corrected chi connectivity index (χ0v) is 29.0. The molecule has 9 rings (SSSR count). The number of anilines is 6. The van der Waals surface area contributed by atoms with Crippen LogP contribution in [0.5, 0.6) is 0 Å². The molecule has 248 valence electrons. The summed E-state index contributed by atoms with van der Waals surface area (Å²) in [5, 5.41) is 7.78. The molecule has 6 heteroatoms. The van der Waals surface area contributed by atoms with Crippen LogP contribution in [0.3, 0.4) is 0 Å². The fourth-order valence-corrected chi connectivity index (χ4v) is 8.98. The molecule has 0 saturated carbocycles. The van der Waals surface area contributed by atoms with Crippen LogP contribution in [0.25, 0.3) is 11.1 Å². The molecule has 2 N–H and O–H groups in total. The molecule has 3 aliphatic rings. The molecule has 5 unspecified atom stereocenters. The summed E-state index contributed by atoms with van der Waals surface area (Å²) in [5.41, 5.74) is 10.8. The van der Waals surface area contributed by atoms with Gasteiger partial charge >= 0.3 is 0 Å². The number of fused-ring (bicyclic) bond motifs is 6. The van der Waals surface area contributed by atoms with Crippen molar-refractivity contribution in [1.29, 1.82) is 0 Å². The molecule has 0 spiro atoms. The smallest absolute Gasteiger partial charge is 0.178 e. The highest BCUT2D eigenvalue weighted by atomic mass is 15.5. The standard InChI is InChI=1S/C44H42N6/c1-28(2)33-19-11-12-20-34(33)30-23-24-35-38(27-30)50-42-41(45-25-26-46-42)49(32-17-9-6-10-18-32)43(50)39(35)44(4)29(3)40(47-31-15-7-5-8-16-31)48-37-22-14-13-21-36(37)44/h5-29,39-40,43,47-48H,1-4H3. The molecule has 0 fully saturated rings. The van der Waals surface area contributed by atoms with Gasteiger partial charge in [0.15, 0.2) is 11.6 Å². The van der Waals surface area contributed by atoms with Gasteiger partial charge in [0.05, 0.1) is 6.17 Å². The summed E-state index contributed by atoms with van der Waals surface area (Å²) in [7, 11) is 0. The summed E-state index contributed by atoms with van der Waals surface area (Å²) < 4.78 is 0. The van der Waals surface area contributed by atoms with Crippen molar-refractivity contribution >= 4 is 34.4 Å². The topological polar surface area (TPSA) is 56.3 Å². The van der Waals surface area contributed by atoms with E-state index in [1.54, 1.807) is 0 Å². The van der Waals surface area contributed by atoms with E-state index in [4.69, 9.17) is 9.97 Å². The number of nitrogens with zero attached hydrogens (tertiary/aromatic N) is 4. The van der Waals surface area contributed by atoms with E-state index >= 15 is 0 Å². The molecule has 1 aromatic heterocycles. The molecule has 5 atom stereocenters. The lowest BCUT2D eigenvalue weighted by Crippen LogP contribution is -2.56. The van der Waals surface area contributed by atoms with Crippen LogP contribution in [0.2, 0.25) is 0 Å². The lowest BCUT2D eigenvalue weighted by Gasteiger charge is -2.52. The summed E-state index contributed by atoms with van der Waals surface area (Å²) in [4.78, 5) is 15.0. The van der Waals surface area contributed by atoms with Gasteiger partial charge in [-0.2, -0.15) is 0 Å². The molecule has 50 heavy (non-hydrogen) atoms. The lowest BCUT2D eigenvalue weighted by atomic mass is 9.59. The van der Waals surface area contributed by atoms with Gasteiger partial charge in [-0.25, -0.2) is 9.97 Å². The highest BCUT2D eigenvalue weighted by Crippen LogP contribution is 2.64. The van der Waals surface area contributed by atoms with Crippen molar-refractivity contribution in [2.24, 2.45) is 5.92 Å². The van der Waals surface area contributed by atoms with Crippen LogP contribution >= 0.6 is 0 Å². The van der Waals surface area contributed by atoms with Gasteiger partial charge in [0.25, 0.3) is 0 Å². The lowest BCUT2D eigenvalue weighted by molar-refractivity contribution is 0.217. The van der Waals surface area contributed by atoms with E-state index in [1.807, 2.05) is 12.4 Å². The molecule has 6 aromatic rings. The molecule has 6 nitrogen and oxygen atoms in total. The van der Waals surface area contributed by atoms with Crippen molar-refractivity contribution in [3.8, 4) is 11.1 Å². The molecular weight excluding hydrogens is 613 g/mol. The Balaban J connectivity index is 1.29. The quantitative estimate of drug-likeness (QED) is 0.186. The largest absolute Gasteiger partial charge is 0.365 e. The number of hydrogen-bond donors (Lipinski definition) is 2. The third kappa shape index (κ3) is 4.54. The molecule has 0 amide bonds. The number of hydrogen-bond acceptors (Lipinski definition) is 6. The molecule has 0 saturated heterocycles. The van der Waals surface area contributed by atoms with Crippen molar-refractivity contribution in [3.63, 3.8) is 0 Å². The average Bonchev–Trinajstić information content (AvgIpc) is 3.67. The molecule has 5 aromatic carbocycles. The van der Waals surface area contributed by atoms with Crippen LogP contribution in [0.15, 0.2) is 140 Å². The van der Waals surface area contributed by atoms with Gasteiger partial charge in [-0.1, -0.05) is 119 Å². The zero-order chi connectivity index (χ0) is 34.0. The monoisotopic (exact) mass is 654 g/mol. The summed E-state index contributed by atoms with van der Waals surface area (Å²) in [5.74, 6) is 2.44. The van der Waals surface area contributed by atoms with Gasteiger partial charge in [0.1, 0.15) is 6.17 Å². The minimum atomic E-state index is -0.311. The Morgan fingerprint density at radius 3 is 2.16 bits per heavy atom. The van der Waals surface area contributed by atoms with Crippen LogP contribution in [0, 0.1) is 5.92 Å². The summed E-state index contributed by atoms with van der Waals surface area (Å²) in [6, 6.07) is 46.2. The number of rotatable bonds is 6. The van der Waals surface area contributed by atoms with Gasteiger partial charge in [0.2, 0.25) is 0 Å². The van der Waals surface area contributed by atoms with Crippen molar-refractivity contribution in [2.75, 3.05) is 20.4 Å². The second-order valence-corrected chi connectivity index (χ2v) is 14.4. The Bertz CT molecular complexity index is 2180. The first kappa shape index (κ1) is 30.4. The predicted octanol–water partition coefficient (Wildman–Crippen LogP) is 10.4. The first-order valence-corrected chi connectivity index (χ1v) is 17.8. The van der Waals surface area contributed by atoms with Crippen molar-refractivity contribution in [1.82, 2.24) is 9.97 Å². The number of aromatic nitrogens is 2. The molecule has 0 radical (unpaired) electrons. The van der Waals surface area contributed by atoms with Gasteiger partial charge in [-0.05, 0) is 70.1 Å². The van der Waals surface area contributed by atoms with Gasteiger partial charge in [-0.3, -0.25) is 0 Å². The second kappa shape index (κ2) is 11.8. The van der Waals surface area contributed by atoms with E-state index in [0.29, 0.717) is 5.92 Å². The predicted molar refractivity (Wildman–Crippen MR) is 206 cm³/mol. The van der Waals surface area contributed by atoms with E-state index in [-0.39, 0.29) is 29.6 Å². The Kier molecular flexibility index (Phi) is 7.16. The minimum Gasteiger partial charge on any atom is -0.365 e. The Morgan fingerprint density at radius 1 is 0.740 bits per heavy atom. The average molecular weight is 655 g/mol. The Morgan fingerprint density at radius 2 is 1.40 bits per heavy atom. The first-order valence-electron chi connectivity index (χ1n) is 17.8. The number of para-hydroxylation sites is 3. The number of benzene rings is 5. The third-order valence-corrected chi connectivity index (χ3v) is 11.5. The SMILES string of the molecule is CC(C)c1ccccc1-c1ccc2c(c1)N1c3nccnc3N(c3ccccc3)C1C2C1(C)c2ccccc2NC(Nc2ccccc2)C1C. The number of nitrogens with one attached hydrogen (secondary N) is 2. The minimum absolute atomic E-state index is 0.00260. The molecular formula is C44H42N6. The van der Waals surface area contributed by atoms with Crippen LogP contribution < -0.4 is 20.4 Å². The van der Waals surface area contributed by atoms with Crippen molar-refractivity contribution < 1.29 is 0 Å². The maximum Gasteiger partial charge on any atom is 0.178 e. The molecule has 0 bridgehead atoms. The van der Waals surface area contributed by atoms with E-state index in [9.17, 15) is 0 Å². The van der Waals surface area contributed by atoms with Crippen LogP contribution in [0.4, 0.5) is 34.4 Å². The van der Waals surface area contributed by atoms with Crippen molar-refractivity contribution in [3.05, 3.63) is 156 Å². The van der Waals surface area contributed by atoms with Gasteiger partial charge in [-0.15, -0.1) is 0 Å². The third-order valence-electron chi connectivity index (χ3n) is 11.5. The summed E-state index contributed by atoms with van der Waals surface area (Å²) in [6.45, 7) is 9.45. The van der Waals surface area contributed by atoms with Crippen LogP contribution in [-0.4, -0.2) is 22.3 Å². The van der Waals surface area contributed by atoms with Crippen molar-refractivity contribution in [2.45, 2.75) is 57.3 Å². The highest BCUT2D eigenvalue weighted by molar-refractivity contribution is 5.90. The fourth-order valence-electron chi connectivity index (χ4n) is 8.98. The normalized spacial score (nSPS) is 23.1. The van der Waals surface area contributed by atoms with E-state index < -0.39 is 0 Å². The fraction of sp³-hybridized carbons (Fsp3) is 0.227. The molecule has 3 aliphatic heterocycles. The first-order chi connectivity index (χ1) is 24.4. The maximum atomic E-state index is 5.06. The Hall–Kier alpha value is -5.62. The van der Waals surface area contributed by atoms with Gasteiger partial charge in [0, 0.05) is 52.4 Å². The summed E-state index contributed by atoms with van der Waals surface area (Å²) in [6.07, 6.45) is 3.57. The van der Waals surface area contributed by atoms with E-state index in [2.05, 4.69) is 176 Å². The van der Waals surface area contributed by atoms with E-state index in [0.717, 1.165) is 23.0 Å². The summed E-state index contributed by atoms with van der Waals surface area (Å²) >= 11 is 0. The van der Waals surface area contributed by atoms with E-state index in [1.165, 1.54) is 39.2 Å². The van der Waals surface area contributed by atoms with Crippen LogP contribution in [0.1, 0.15) is 56.2 Å². The Labute approximate surface area is 294 Å². The molecule has 4 heterocycles. The van der Waals surface area contributed by atoms with Gasteiger partial charge < -0.3 is 20.4 Å². The highest BCUT2D eigenvalue weighted by Gasteiger charge is 2.60. The van der Waals surface area contributed by atoms with Crippen LogP contribution in [-0.2, 0) is 5.41 Å². The zero-order valence-electron chi connectivity index (χ0n) is 29.0.